The highest BCUT2D eigenvalue weighted by Gasteiger charge is 2.36. The van der Waals surface area contributed by atoms with Crippen LogP contribution in [0.5, 0.6) is 5.88 Å². The van der Waals surface area contributed by atoms with Crippen molar-refractivity contribution in [2.45, 2.75) is 13.3 Å². The zero-order chi connectivity index (χ0) is 14.1. The van der Waals surface area contributed by atoms with Gasteiger partial charge in [0.15, 0.2) is 0 Å². The van der Waals surface area contributed by atoms with Crippen LogP contribution in [0.2, 0.25) is 0 Å². The summed E-state index contributed by atoms with van der Waals surface area (Å²) in [6.45, 7) is 1.13. The second-order valence-corrected chi connectivity index (χ2v) is 3.40. The summed E-state index contributed by atoms with van der Waals surface area (Å²) < 4.78 is 39.5. The molecule has 0 amide bonds. The van der Waals surface area contributed by atoms with E-state index >= 15 is 0 Å². The highest BCUT2D eigenvalue weighted by Crippen LogP contribution is 2.33. The summed E-state index contributed by atoms with van der Waals surface area (Å²) in [6, 6.07) is 0.900. The maximum Gasteiger partial charge on any atom is 0.574 e. The number of alkyl halides is 3. The number of hydrogen-bond donors (Lipinski definition) is 0. The summed E-state index contributed by atoms with van der Waals surface area (Å²) in [6.07, 6.45) is -5.17. The van der Waals surface area contributed by atoms with Crippen LogP contribution in [0.4, 0.5) is 18.9 Å². The van der Waals surface area contributed by atoms with Crippen molar-refractivity contribution in [2.75, 3.05) is 0 Å². The fourth-order valence-corrected chi connectivity index (χ4v) is 1.24. The van der Waals surface area contributed by atoms with Crippen LogP contribution >= 0.6 is 11.6 Å². The number of hydrogen-bond acceptors (Lipinski definition) is 5. The average molecular weight is 285 g/mol. The second-order valence-electron chi connectivity index (χ2n) is 3.06. The summed E-state index contributed by atoms with van der Waals surface area (Å²) in [4.78, 5) is 23.4. The molecular weight excluding hydrogens is 281 g/mol. The Hall–Kier alpha value is -1.90. The van der Waals surface area contributed by atoms with E-state index < -0.39 is 33.8 Å². The summed E-state index contributed by atoms with van der Waals surface area (Å²) in [5.41, 5.74) is -1.77. The molecular formula is C8H4ClF3N2O4. The van der Waals surface area contributed by atoms with Crippen LogP contribution in [0.3, 0.4) is 0 Å². The van der Waals surface area contributed by atoms with Gasteiger partial charge in [0.05, 0.1) is 4.92 Å². The van der Waals surface area contributed by atoms with E-state index in [0.717, 1.165) is 13.0 Å². The summed E-state index contributed by atoms with van der Waals surface area (Å²) in [7, 11) is 0. The Balaban J connectivity index is 3.43. The van der Waals surface area contributed by atoms with Gasteiger partial charge in [-0.3, -0.25) is 14.9 Å². The van der Waals surface area contributed by atoms with Gasteiger partial charge in [-0.25, -0.2) is 4.98 Å². The van der Waals surface area contributed by atoms with E-state index in [2.05, 4.69) is 9.72 Å². The molecule has 0 unspecified atom stereocenters. The van der Waals surface area contributed by atoms with Crippen LogP contribution < -0.4 is 4.74 Å². The van der Waals surface area contributed by atoms with Gasteiger partial charge in [-0.05, 0) is 24.6 Å². The molecule has 0 spiro atoms. The minimum Gasteiger partial charge on any atom is -0.381 e. The smallest absolute Gasteiger partial charge is 0.381 e. The van der Waals surface area contributed by atoms with Crippen LogP contribution in [-0.2, 0) is 0 Å². The molecule has 0 saturated carbocycles. The maximum atomic E-state index is 12.0. The molecule has 98 valence electrons. The molecule has 0 aliphatic rings. The third-order valence-electron chi connectivity index (χ3n) is 1.75. The van der Waals surface area contributed by atoms with Crippen LogP contribution in [-0.4, -0.2) is 21.5 Å². The van der Waals surface area contributed by atoms with Gasteiger partial charge in [0.25, 0.3) is 5.24 Å². The maximum absolute atomic E-state index is 12.0. The molecule has 0 aromatic carbocycles. The number of nitrogens with zero attached hydrogens (tertiary/aromatic N) is 2. The Bertz CT molecular complexity index is 518. The predicted octanol–water partition coefficient (Wildman–Crippen LogP) is 2.58. The average Bonchev–Trinajstić information content (AvgIpc) is 2.12. The van der Waals surface area contributed by atoms with Gasteiger partial charge in [0, 0.05) is 5.56 Å². The molecule has 10 heteroatoms. The number of nitro groups is 1. The number of rotatable bonds is 3. The molecule has 18 heavy (non-hydrogen) atoms. The Morgan fingerprint density at radius 3 is 2.50 bits per heavy atom. The highest BCUT2D eigenvalue weighted by atomic mass is 35.5. The first-order chi connectivity index (χ1) is 8.11. The van der Waals surface area contributed by atoms with E-state index in [4.69, 9.17) is 11.6 Å². The number of ether oxygens (including phenoxy) is 1. The van der Waals surface area contributed by atoms with E-state index in [1.807, 2.05) is 0 Å². The molecule has 0 saturated heterocycles. The third kappa shape index (κ3) is 3.29. The molecule has 6 nitrogen and oxygen atoms in total. The molecule has 0 atom stereocenters. The summed E-state index contributed by atoms with van der Waals surface area (Å²) in [5.74, 6) is -1.32. The van der Waals surface area contributed by atoms with Gasteiger partial charge in [0.1, 0.15) is 5.69 Å². The summed E-state index contributed by atoms with van der Waals surface area (Å²) in [5, 5.41) is 9.46. The molecule has 0 fully saturated rings. The van der Waals surface area contributed by atoms with Crippen LogP contribution in [0.25, 0.3) is 0 Å². The Morgan fingerprint density at radius 2 is 2.11 bits per heavy atom. The van der Waals surface area contributed by atoms with Gasteiger partial charge in [0.2, 0.25) is 0 Å². The first-order valence-corrected chi connectivity index (χ1v) is 4.61. The van der Waals surface area contributed by atoms with Crippen molar-refractivity contribution in [2.24, 2.45) is 0 Å². The van der Waals surface area contributed by atoms with Gasteiger partial charge in [-0.1, -0.05) is 0 Å². The zero-order valence-corrected chi connectivity index (χ0v) is 9.37. The standard InChI is InChI=1S/C8H4ClF3N2O4/c1-3-2-4(6(9)15)13-7(5(3)14(16)17)18-8(10,11)12/h2H,1H3. The van der Waals surface area contributed by atoms with Crippen LogP contribution in [0, 0.1) is 17.0 Å². The number of halogens is 4. The van der Waals surface area contributed by atoms with Gasteiger partial charge < -0.3 is 4.74 Å². The van der Waals surface area contributed by atoms with Crippen molar-refractivity contribution in [3.63, 3.8) is 0 Å². The highest BCUT2D eigenvalue weighted by molar-refractivity contribution is 6.67. The van der Waals surface area contributed by atoms with E-state index in [1.165, 1.54) is 0 Å². The van der Waals surface area contributed by atoms with Crippen LogP contribution in [0.1, 0.15) is 16.1 Å². The monoisotopic (exact) mass is 284 g/mol. The SMILES string of the molecule is Cc1cc(C(=O)Cl)nc(OC(F)(F)F)c1[N+](=O)[O-]. The molecule has 1 heterocycles. The topological polar surface area (TPSA) is 82.3 Å². The number of carbonyl (C=O) groups excluding carboxylic acids is 1. The molecule has 1 aromatic heterocycles. The molecule has 0 aliphatic carbocycles. The molecule has 0 aliphatic heterocycles. The quantitative estimate of drug-likeness (QED) is 0.484. The van der Waals surface area contributed by atoms with E-state index in [0.29, 0.717) is 0 Å². The number of aromatic nitrogens is 1. The lowest BCUT2D eigenvalue weighted by Crippen LogP contribution is -2.19. The molecule has 0 bridgehead atoms. The lowest BCUT2D eigenvalue weighted by Gasteiger charge is -2.09. The third-order valence-corrected chi connectivity index (χ3v) is 1.94. The zero-order valence-electron chi connectivity index (χ0n) is 8.62. The Labute approximate surface area is 102 Å². The minimum atomic E-state index is -5.17. The molecule has 0 radical (unpaired) electrons. The molecule has 1 rings (SSSR count). The Morgan fingerprint density at radius 1 is 1.56 bits per heavy atom. The van der Waals surface area contributed by atoms with Gasteiger partial charge in [-0.15, -0.1) is 13.2 Å². The lowest BCUT2D eigenvalue weighted by molar-refractivity contribution is -0.389. The van der Waals surface area contributed by atoms with Crippen molar-refractivity contribution < 1.29 is 27.6 Å². The fraction of sp³-hybridized carbons (Fsp3) is 0.250. The van der Waals surface area contributed by atoms with E-state index in [1.54, 1.807) is 0 Å². The minimum absolute atomic E-state index is 0.224. The first kappa shape index (κ1) is 14.2. The van der Waals surface area contributed by atoms with E-state index in [-0.39, 0.29) is 5.56 Å². The van der Waals surface area contributed by atoms with Crippen molar-refractivity contribution >= 4 is 22.5 Å². The van der Waals surface area contributed by atoms with Gasteiger partial charge >= 0.3 is 17.9 Å². The summed E-state index contributed by atoms with van der Waals surface area (Å²) >= 11 is 5.04. The second kappa shape index (κ2) is 4.77. The first-order valence-electron chi connectivity index (χ1n) is 4.23. The van der Waals surface area contributed by atoms with E-state index in [9.17, 15) is 28.1 Å². The number of carbonyl (C=O) groups is 1. The lowest BCUT2D eigenvalue weighted by atomic mass is 10.2. The molecule has 0 N–H and O–H groups in total. The van der Waals surface area contributed by atoms with Crippen molar-refractivity contribution in [3.05, 3.63) is 27.4 Å². The number of aryl methyl sites for hydroxylation is 1. The fourth-order valence-electron chi connectivity index (χ4n) is 1.14. The molecule has 1 aromatic rings. The van der Waals surface area contributed by atoms with Crippen molar-refractivity contribution in [1.82, 2.24) is 4.98 Å². The van der Waals surface area contributed by atoms with Crippen LogP contribution in [0.15, 0.2) is 6.07 Å². The normalized spacial score (nSPS) is 11.2. The number of pyridine rings is 1. The van der Waals surface area contributed by atoms with Crippen molar-refractivity contribution in [3.8, 4) is 5.88 Å². The van der Waals surface area contributed by atoms with Crippen molar-refractivity contribution in [1.29, 1.82) is 0 Å². The Kier molecular flexibility index (Phi) is 3.75. The largest absolute Gasteiger partial charge is 0.574 e. The predicted molar refractivity (Wildman–Crippen MR) is 52.5 cm³/mol. The van der Waals surface area contributed by atoms with Gasteiger partial charge in [-0.2, -0.15) is 0 Å².